The molecule has 0 radical (unpaired) electrons. The highest BCUT2D eigenvalue weighted by Gasteiger charge is 2.08. The first-order chi connectivity index (χ1) is 9.15. The molecule has 1 atom stereocenters. The molecule has 19 heavy (non-hydrogen) atoms. The van der Waals surface area contributed by atoms with E-state index in [2.05, 4.69) is 20.5 Å². The number of carboxylic acids is 1. The Morgan fingerprint density at radius 2 is 2.21 bits per heavy atom. The Balaban J connectivity index is 2.05. The molecule has 0 aliphatic heterocycles. The van der Waals surface area contributed by atoms with E-state index in [1.54, 1.807) is 25.4 Å². The van der Waals surface area contributed by atoms with E-state index < -0.39 is 5.97 Å². The van der Waals surface area contributed by atoms with Crippen molar-refractivity contribution >= 4 is 11.8 Å². The number of hydrogen-bond donors (Lipinski definition) is 2. The number of aliphatic carboxylic acids is 1. The number of pyridine rings is 1. The fourth-order valence-corrected chi connectivity index (χ4v) is 1.64. The van der Waals surface area contributed by atoms with Gasteiger partial charge in [-0.3, -0.25) is 9.78 Å². The minimum Gasteiger partial charge on any atom is -0.481 e. The highest BCUT2D eigenvalue weighted by molar-refractivity contribution is 5.68. The van der Waals surface area contributed by atoms with Crippen molar-refractivity contribution < 1.29 is 9.90 Å². The molecule has 0 aromatic carbocycles. The second-order valence-electron chi connectivity index (χ2n) is 4.19. The van der Waals surface area contributed by atoms with Gasteiger partial charge in [0.15, 0.2) is 0 Å². The highest BCUT2D eigenvalue weighted by atomic mass is 16.4. The topological polar surface area (TPSA) is 88.0 Å². The van der Waals surface area contributed by atoms with Gasteiger partial charge in [-0.1, -0.05) is 0 Å². The van der Waals surface area contributed by atoms with Gasteiger partial charge in [-0.05, 0) is 31.2 Å². The Hall–Kier alpha value is -2.50. The van der Waals surface area contributed by atoms with Crippen LogP contribution in [0.15, 0.2) is 36.7 Å². The predicted molar refractivity (Wildman–Crippen MR) is 70.6 cm³/mol. The van der Waals surface area contributed by atoms with E-state index in [1.165, 1.54) is 0 Å². The van der Waals surface area contributed by atoms with Gasteiger partial charge in [-0.25, -0.2) is 0 Å². The smallest absolute Gasteiger partial charge is 0.305 e. The Kier molecular flexibility index (Phi) is 4.02. The molecule has 2 aromatic rings. The van der Waals surface area contributed by atoms with Gasteiger partial charge in [0.25, 0.3) is 0 Å². The van der Waals surface area contributed by atoms with Gasteiger partial charge in [-0.2, -0.15) is 0 Å². The van der Waals surface area contributed by atoms with Crippen molar-refractivity contribution in [3.63, 3.8) is 0 Å². The predicted octanol–water partition coefficient (Wildman–Crippen LogP) is 1.81. The van der Waals surface area contributed by atoms with Crippen LogP contribution in [0.3, 0.4) is 0 Å². The Morgan fingerprint density at radius 3 is 2.79 bits per heavy atom. The lowest BCUT2D eigenvalue weighted by Crippen LogP contribution is -2.20. The van der Waals surface area contributed by atoms with E-state index in [9.17, 15) is 4.79 Å². The Labute approximate surface area is 110 Å². The van der Waals surface area contributed by atoms with E-state index in [0.29, 0.717) is 5.82 Å². The van der Waals surface area contributed by atoms with Crippen molar-refractivity contribution in [2.24, 2.45) is 0 Å². The molecule has 0 saturated carbocycles. The summed E-state index contributed by atoms with van der Waals surface area (Å²) in [5.41, 5.74) is 1.62. The molecule has 0 spiro atoms. The summed E-state index contributed by atoms with van der Waals surface area (Å²) in [6.07, 6.45) is 3.44. The molecule has 2 rings (SSSR count). The van der Waals surface area contributed by atoms with Crippen molar-refractivity contribution in [1.29, 1.82) is 0 Å². The van der Waals surface area contributed by atoms with Crippen LogP contribution in [0.2, 0.25) is 0 Å². The number of hydrogen-bond acceptors (Lipinski definition) is 5. The van der Waals surface area contributed by atoms with Crippen molar-refractivity contribution in [2.75, 3.05) is 5.32 Å². The summed E-state index contributed by atoms with van der Waals surface area (Å²) in [5, 5.41) is 19.8. The number of carbonyl (C=O) groups is 1. The normalized spacial score (nSPS) is 11.8. The molecular formula is C13H14N4O2. The van der Waals surface area contributed by atoms with Crippen LogP contribution in [0.1, 0.15) is 13.3 Å². The number of nitrogens with one attached hydrogen (secondary N) is 1. The van der Waals surface area contributed by atoms with Crippen LogP contribution in [-0.4, -0.2) is 32.3 Å². The SMILES string of the molecule is CC(CC(=O)O)Nc1ccc(-c2cccnc2)nn1. The van der Waals surface area contributed by atoms with Gasteiger partial charge in [-0.15, -0.1) is 10.2 Å². The fourth-order valence-electron chi connectivity index (χ4n) is 1.64. The van der Waals surface area contributed by atoms with Crippen LogP contribution in [0.25, 0.3) is 11.3 Å². The average molecular weight is 258 g/mol. The second kappa shape index (κ2) is 5.90. The first-order valence-corrected chi connectivity index (χ1v) is 5.87. The molecule has 2 aromatic heterocycles. The summed E-state index contributed by atoms with van der Waals surface area (Å²) in [5.74, 6) is -0.290. The first kappa shape index (κ1) is 12.9. The van der Waals surface area contributed by atoms with Crippen LogP contribution >= 0.6 is 0 Å². The summed E-state index contributed by atoms with van der Waals surface area (Å²) >= 11 is 0. The molecular weight excluding hydrogens is 244 g/mol. The third-order valence-corrected chi connectivity index (χ3v) is 2.50. The minimum atomic E-state index is -0.847. The van der Waals surface area contributed by atoms with Crippen molar-refractivity contribution in [1.82, 2.24) is 15.2 Å². The first-order valence-electron chi connectivity index (χ1n) is 5.87. The van der Waals surface area contributed by atoms with Gasteiger partial charge < -0.3 is 10.4 Å². The number of carboxylic acid groups (broad SMARTS) is 1. The minimum absolute atomic E-state index is 0.0338. The number of anilines is 1. The van der Waals surface area contributed by atoms with E-state index in [-0.39, 0.29) is 12.5 Å². The lowest BCUT2D eigenvalue weighted by Gasteiger charge is -2.11. The number of nitrogens with zero attached hydrogens (tertiary/aromatic N) is 3. The highest BCUT2D eigenvalue weighted by Crippen LogP contribution is 2.15. The third kappa shape index (κ3) is 3.74. The van der Waals surface area contributed by atoms with Gasteiger partial charge in [0.05, 0.1) is 12.1 Å². The number of rotatable bonds is 5. The molecule has 0 bridgehead atoms. The maximum Gasteiger partial charge on any atom is 0.305 e. The summed E-state index contributed by atoms with van der Waals surface area (Å²) in [6, 6.07) is 7.12. The summed E-state index contributed by atoms with van der Waals surface area (Å²) in [6.45, 7) is 1.78. The van der Waals surface area contributed by atoms with Gasteiger partial charge >= 0.3 is 5.97 Å². The Morgan fingerprint density at radius 1 is 1.37 bits per heavy atom. The summed E-state index contributed by atoms with van der Waals surface area (Å²) in [4.78, 5) is 14.6. The molecule has 1 unspecified atom stereocenters. The molecule has 2 N–H and O–H groups in total. The van der Waals surface area contributed by atoms with Gasteiger partial charge in [0.1, 0.15) is 5.82 Å². The lowest BCUT2D eigenvalue weighted by atomic mass is 10.2. The quantitative estimate of drug-likeness (QED) is 0.850. The maximum atomic E-state index is 10.6. The van der Waals surface area contributed by atoms with E-state index >= 15 is 0 Å². The van der Waals surface area contributed by atoms with Crippen LogP contribution in [0.5, 0.6) is 0 Å². The zero-order chi connectivity index (χ0) is 13.7. The van der Waals surface area contributed by atoms with E-state index in [4.69, 9.17) is 5.11 Å². The molecule has 6 nitrogen and oxygen atoms in total. The Bertz CT molecular complexity index is 542. The van der Waals surface area contributed by atoms with E-state index in [1.807, 2.05) is 18.2 Å². The molecule has 2 heterocycles. The van der Waals surface area contributed by atoms with Crippen molar-refractivity contribution in [2.45, 2.75) is 19.4 Å². The molecule has 0 fully saturated rings. The third-order valence-electron chi connectivity index (χ3n) is 2.50. The van der Waals surface area contributed by atoms with Crippen molar-refractivity contribution in [3.8, 4) is 11.3 Å². The number of aromatic nitrogens is 3. The zero-order valence-electron chi connectivity index (χ0n) is 10.4. The van der Waals surface area contributed by atoms with E-state index in [0.717, 1.165) is 11.3 Å². The van der Waals surface area contributed by atoms with Gasteiger partial charge in [0, 0.05) is 24.0 Å². The largest absolute Gasteiger partial charge is 0.481 e. The van der Waals surface area contributed by atoms with Gasteiger partial charge in [0.2, 0.25) is 0 Å². The second-order valence-corrected chi connectivity index (χ2v) is 4.19. The molecule has 0 aliphatic rings. The van der Waals surface area contributed by atoms with Crippen LogP contribution in [-0.2, 0) is 4.79 Å². The standard InChI is InChI=1S/C13H14N4O2/c1-9(7-13(18)19)15-12-5-4-11(16-17-12)10-3-2-6-14-8-10/h2-6,8-9H,7H2,1H3,(H,15,17)(H,18,19). The van der Waals surface area contributed by atoms with Crippen LogP contribution in [0.4, 0.5) is 5.82 Å². The molecule has 0 aliphatic carbocycles. The molecule has 0 amide bonds. The summed E-state index contributed by atoms with van der Waals surface area (Å²) in [7, 11) is 0. The molecule has 6 heteroatoms. The average Bonchev–Trinajstić information content (AvgIpc) is 2.39. The molecule has 0 saturated heterocycles. The fraction of sp³-hybridized carbons (Fsp3) is 0.231. The lowest BCUT2D eigenvalue weighted by molar-refractivity contribution is -0.137. The monoisotopic (exact) mass is 258 g/mol. The molecule has 98 valence electrons. The van der Waals surface area contributed by atoms with Crippen molar-refractivity contribution in [3.05, 3.63) is 36.7 Å². The maximum absolute atomic E-state index is 10.6. The van der Waals surface area contributed by atoms with Crippen LogP contribution < -0.4 is 5.32 Å². The van der Waals surface area contributed by atoms with Crippen LogP contribution in [0, 0.1) is 0 Å². The summed E-state index contributed by atoms with van der Waals surface area (Å²) < 4.78 is 0. The zero-order valence-corrected chi connectivity index (χ0v) is 10.4.